The van der Waals surface area contributed by atoms with Gasteiger partial charge in [0.25, 0.3) is 0 Å². The molecular formula is C11H24FNO. The third-order valence-electron chi connectivity index (χ3n) is 2.86. The van der Waals surface area contributed by atoms with Gasteiger partial charge in [0, 0.05) is 19.6 Å². The van der Waals surface area contributed by atoms with Crippen LogP contribution in [0.2, 0.25) is 0 Å². The summed E-state index contributed by atoms with van der Waals surface area (Å²) in [6.07, 6.45) is -0.0453. The second-order valence-corrected chi connectivity index (χ2v) is 4.35. The van der Waals surface area contributed by atoms with Crippen LogP contribution in [0.4, 0.5) is 4.39 Å². The van der Waals surface area contributed by atoms with Crippen LogP contribution < -0.4 is 5.73 Å². The third kappa shape index (κ3) is 4.38. The van der Waals surface area contributed by atoms with Crippen molar-refractivity contribution in [3.63, 3.8) is 0 Å². The average Bonchev–Trinajstić information content (AvgIpc) is 2.14. The number of rotatable bonds is 7. The van der Waals surface area contributed by atoms with Crippen LogP contribution >= 0.6 is 0 Å². The minimum absolute atomic E-state index is 0.0261. The van der Waals surface area contributed by atoms with E-state index in [0.717, 1.165) is 6.42 Å². The molecule has 3 unspecified atom stereocenters. The molecule has 14 heavy (non-hydrogen) atoms. The standard InChI is InChI=1S/C11H24FNO/c1-8(2)10(7-13)11(12)9(3)5-6-14-4/h8-11H,5-7,13H2,1-4H3. The fraction of sp³-hybridized carbons (Fsp3) is 1.00. The van der Waals surface area contributed by atoms with Gasteiger partial charge >= 0.3 is 0 Å². The predicted molar refractivity (Wildman–Crippen MR) is 57.9 cm³/mol. The number of nitrogens with two attached hydrogens (primary N) is 1. The maximum atomic E-state index is 13.9. The summed E-state index contributed by atoms with van der Waals surface area (Å²) < 4.78 is 18.8. The molecule has 0 aromatic carbocycles. The van der Waals surface area contributed by atoms with Crippen molar-refractivity contribution < 1.29 is 9.13 Å². The summed E-state index contributed by atoms with van der Waals surface area (Å²) in [5.41, 5.74) is 5.57. The lowest BCUT2D eigenvalue weighted by Gasteiger charge is -2.27. The lowest BCUT2D eigenvalue weighted by molar-refractivity contribution is 0.0984. The Morgan fingerprint density at radius 1 is 1.29 bits per heavy atom. The van der Waals surface area contributed by atoms with Gasteiger partial charge in [-0.2, -0.15) is 0 Å². The molecular weight excluding hydrogens is 181 g/mol. The van der Waals surface area contributed by atoms with E-state index < -0.39 is 6.17 Å². The molecule has 0 aromatic rings. The number of alkyl halides is 1. The minimum atomic E-state index is -0.810. The first kappa shape index (κ1) is 13.8. The Morgan fingerprint density at radius 3 is 2.21 bits per heavy atom. The van der Waals surface area contributed by atoms with Crippen LogP contribution in [0.25, 0.3) is 0 Å². The van der Waals surface area contributed by atoms with E-state index in [1.165, 1.54) is 0 Å². The number of ether oxygens (including phenoxy) is 1. The van der Waals surface area contributed by atoms with Crippen LogP contribution in [0, 0.1) is 17.8 Å². The van der Waals surface area contributed by atoms with E-state index >= 15 is 0 Å². The molecule has 0 rings (SSSR count). The van der Waals surface area contributed by atoms with Crippen LogP contribution in [-0.2, 0) is 4.74 Å². The molecule has 2 N–H and O–H groups in total. The van der Waals surface area contributed by atoms with E-state index in [4.69, 9.17) is 10.5 Å². The molecule has 86 valence electrons. The van der Waals surface area contributed by atoms with Gasteiger partial charge in [0.15, 0.2) is 0 Å². The fourth-order valence-electron chi connectivity index (χ4n) is 1.65. The van der Waals surface area contributed by atoms with E-state index in [1.54, 1.807) is 7.11 Å². The smallest absolute Gasteiger partial charge is 0.107 e. The second-order valence-electron chi connectivity index (χ2n) is 4.35. The summed E-state index contributed by atoms with van der Waals surface area (Å²) >= 11 is 0. The van der Waals surface area contributed by atoms with E-state index in [2.05, 4.69) is 0 Å². The van der Waals surface area contributed by atoms with Gasteiger partial charge in [-0.05, 0) is 24.8 Å². The lowest BCUT2D eigenvalue weighted by Crippen LogP contribution is -2.33. The molecule has 0 heterocycles. The molecule has 0 aliphatic carbocycles. The molecule has 0 fully saturated rings. The fourth-order valence-corrected chi connectivity index (χ4v) is 1.65. The Hall–Kier alpha value is -0.150. The van der Waals surface area contributed by atoms with Crippen LogP contribution in [-0.4, -0.2) is 26.4 Å². The molecule has 3 atom stereocenters. The van der Waals surface area contributed by atoms with Gasteiger partial charge in [-0.15, -0.1) is 0 Å². The molecule has 0 aromatic heterocycles. The Kier molecular flexibility index (Phi) is 7.11. The Morgan fingerprint density at radius 2 is 1.86 bits per heavy atom. The van der Waals surface area contributed by atoms with Crippen molar-refractivity contribution >= 4 is 0 Å². The van der Waals surface area contributed by atoms with Crippen LogP contribution in [0.5, 0.6) is 0 Å². The molecule has 3 heteroatoms. The summed E-state index contributed by atoms with van der Waals surface area (Å²) in [5.74, 6) is 0.313. The molecule has 0 spiro atoms. The normalized spacial score (nSPS) is 18.2. The van der Waals surface area contributed by atoms with Crippen LogP contribution in [0.3, 0.4) is 0 Å². The molecule has 2 nitrogen and oxygen atoms in total. The van der Waals surface area contributed by atoms with Gasteiger partial charge in [0.2, 0.25) is 0 Å². The van der Waals surface area contributed by atoms with Crippen molar-refractivity contribution in [2.75, 3.05) is 20.3 Å². The molecule has 0 amide bonds. The monoisotopic (exact) mass is 205 g/mol. The summed E-state index contributed by atoms with van der Waals surface area (Å²) in [5, 5.41) is 0. The van der Waals surface area contributed by atoms with Gasteiger partial charge < -0.3 is 10.5 Å². The number of methoxy groups -OCH3 is 1. The maximum Gasteiger partial charge on any atom is 0.107 e. The van der Waals surface area contributed by atoms with E-state index in [1.807, 2.05) is 20.8 Å². The first-order valence-electron chi connectivity index (χ1n) is 5.37. The lowest BCUT2D eigenvalue weighted by atomic mass is 9.84. The van der Waals surface area contributed by atoms with Gasteiger partial charge in [-0.1, -0.05) is 20.8 Å². The van der Waals surface area contributed by atoms with Crippen molar-refractivity contribution in [1.29, 1.82) is 0 Å². The SMILES string of the molecule is COCCC(C)C(F)C(CN)C(C)C. The quantitative estimate of drug-likeness (QED) is 0.691. The van der Waals surface area contributed by atoms with Crippen molar-refractivity contribution in [2.45, 2.75) is 33.4 Å². The van der Waals surface area contributed by atoms with Gasteiger partial charge in [-0.3, -0.25) is 0 Å². The first-order chi connectivity index (χ1) is 6.54. The van der Waals surface area contributed by atoms with E-state index in [0.29, 0.717) is 19.1 Å². The number of hydrogen-bond donors (Lipinski definition) is 1. The zero-order chi connectivity index (χ0) is 11.1. The molecule has 0 saturated heterocycles. The number of hydrogen-bond acceptors (Lipinski definition) is 2. The number of halogens is 1. The maximum absolute atomic E-state index is 13.9. The highest BCUT2D eigenvalue weighted by molar-refractivity contribution is 4.77. The molecule has 0 aliphatic rings. The van der Waals surface area contributed by atoms with Gasteiger partial charge in [0.1, 0.15) is 6.17 Å². The highest BCUT2D eigenvalue weighted by atomic mass is 19.1. The summed E-state index contributed by atoms with van der Waals surface area (Å²) in [6.45, 7) is 7.02. The van der Waals surface area contributed by atoms with Crippen molar-refractivity contribution in [3.05, 3.63) is 0 Å². The minimum Gasteiger partial charge on any atom is -0.385 e. The average molecular weight is 205 g/mol. The van der Waals surface area contributed by atoms with Crippen LogP contribution in [0.1, 0.15) is 27.2 Å². The first-order valence-corrected chi connectivity index (χ1v) is 5.37. The van der Waals surface area contributed by atoms with Crippen molar-refractivity contribution in [2.24, 2.45) is 23.5 Å². The Labute approximate surface area is 87.0 Å². The van der Waals surface area contributed by atoms with Gasteiger partial charge in [0.05, 0.1) is 0 Å². The predicted octanol–water partition coefficient (Wildman–Crippen LogP) is 2.23. The Bertz CT molecular complexity index is 141. The van der Waals surface area contributed by atoms with E-state index in [-0.39, 0.29) is 11.8 Å². The highest BCUT2D eigenvalue weighted by Gasteiger charge is 2.27. The Balaban J connectivity index is 4.05. The largest absolute Gasteiger partial charge is 0.385 e. The van der Waals surface area contributed by atoms with Crippen molar-refractivity contribution in [3.8, 4) is 0 Å². The third-order valence-corrected chi connectivity index (χ3v) is 2.86. The molecule has 0 bridgehead atoms. The zero-order valence-electron chi connectivity index (χ0n) is 9.79. The molecule has 0 saturated carbocycles. The zero-order valence-corrected chi connectivity index (χ0v) is 9.79. The van der Waals surface area contributed by atoms with Crippen molar-refractivity contribution in [1.82, 2.24) is 0 Å². The second kappa shape index (κ2) is 7.18. The highest BCUT2D eigenvalue weighted by Crippen LogP contribution is 2.25. The topological polar surface area (TPSA) is 35.2 Å². The van der Waals surface area contributed by atoms with Gasteiger partial charge in [-0.25, -0.2) is 4.39 Å². The molecule has 0 aliphatic heterocycles. The summed E-state index contributed by atoms with van der Waals surface area (Å²) in [6, 6.07) is 0. The van der Waals surface area contributed by atoms with Crippen LogP contribution in [0.15, 0.2) is 0 Å². The van der Waals surface area contributed by atoms with E-state index in [9.17, 15) is 4.39 Å². The summed E-state index contributed by atoms with van der Waals surface area (Å²) in [4.78, 5) is 0. The summed E-state index contributed by atoms with van der Waals surface area (Å²) in [7, 11) is 1.64. The molecule has 0 radical (unpaired) electrons.